The fraction of sp³-hybridized carbons (Fsp3) is 0.346. The predicted octanol–water partition coefficient (Wildman–Crippen LogP) is 6.12. The Labute approximate surface area is 214 Å². The van der Waals surface area contributed by atoms with Gasteiger partial charge in [0.05, 0.1) is 17.2 Å². The molecule has 4 aromatic rings. The van der Waals surface area contributed by atoms with E-state index < -0.39 is 17.1 Å². The number of hydrogen-bond acceptors (Lipinski definition) is 6. The second-order valence-corrected chi connectivity index (χ2v) is 10.1. The van der Waals surface area contributed by atoms with Crippen LogP contribution in [-0.2, 0) is 30.4 Å². The first kappa shape index (κ1) is 25.2. The van der Waals surface area contributed by atoms with Gasteiger partial charge in [-0.25, -0.2) is 0 Å². The number of alkyl halides is 3. The number of imide groups is 1. The molecule has 1 aliphatic rings. The third kappa shape index (κ3) is 5.18. The average Bonchev–Trinajstić information content (AvgIpc) is 3.54. The molecule has 1 saturated heterocycles. The standard InChI is InChI=1S/C26H24F3N3O4S/c1-2-4-17-20(8-6-18-22(17)36-31-23(18)26(27,28)29)35-12-3-10-32-11-9-16-13-15(5-7-19(16)32)14-21-24(33)30-25(34)37-21/h5-9,11,13,21H,2-4,10,12,14H2,1H3,(H,30,33,34). The summed E-state index contributed by atoms with van der Waals surface area (Å²) in [6.45, 7) is 3.00. The Morgan fingerprint density at radius 2 is 2.03 bits per heavy atom. The van der Waals surface area contributed by atoms with Crippen LogP contribution in [0.5, 0.6) is 5.75 Å². The van der Waals surface area contributed by atoms with Crippen LogP contribution in [0.1, 0.15) is 36.6 Å². The molecule has 1 fully saturated rings. The fourth-order valence-corrected chi connectivity index (χ4v) is 5.46. The fourth-order valence-electron chi connectivity index (χ4n) is 4.60. The van der Waals surface area contributed by atoms with Crippen molar-refractivity contribution >= 4 is 44.8 Å². The Bertz CT molecular complexity index is 1480. The van der Waals surface area contributed by atoms with Gasteiger partial charge in [-0.15, -0.1) is 0 Å². The van der Waals surface area contributed by atoms with Crippen molar-refractivity contribution in [1.82, 2.24) is 15.0 Å². The van der Waals surface area contributed by atoms with E-state index in [0.29, 0.717) is 43.7 Å². The second-order valence-electron chi connectivity index (χ2n) is 8.89. The number of nitrogens with zero attached hydrogens (tertiary/aromatic N) is 2. The van der Waals surface area contributed by atoms with Crippen LogP contribution in [0.3, 0.4) is 0 Å². The van der Waals surface area contributed by atoms with Gasteiger partial charge in [0.1, 0.15) is 5.75 Å². The van der Waals surface area contributed by atoms with Crippen molar-refractivity contribution in [3.63, 3.8) is 0 Å². The molecule has 1 atom stereocenters. The number of carbonyl (C=O) groups excluding carboxylic acids is 2. The Hall–Kier alpha value is -3.47. The van der Waals surface area contributed by atoms with Crippen LogP contribution >= 0.6 is 11.8 Å². The van der Waals surface area contributed by atoms with Gasteiger partial charge < -0.3 is 13.8 Å². The van der Waals surface area contributed by atoms with Crippen LogP contribution in [0, 0.1) is 0 Å². The molecule has 0 radical (unpaired) electrons. The maximum atomic E-state index is 13.2. The second kappa shape index (κ2) is 10.1. The first-order valence-corrected chi connectivity index (χ1v) is 12.8. The molecule has 11 heteroatoms. The summed E-state index contributed by atoms with van der Waals surface area (Å²) < 4.78 is 52.8. The van der Waals surface area contributed by atoms with E-state index in [1.54, 1.807) is 6.07 Å². The lowest BCUT2D eigenvalue weighted by Gasteiger charge is -2.12. The summed E-state index contributed by atoms with van der Waals surface area (Å²) in [7, 11) is 0. The highest BCUT2D eigenvalue weighted by Gasteiger charge is 2.37. The van der Waals surface area contributed by atoms with Gasteiger partial charge in [-0.3, -0.25) is 14.9 Å². The lowest BCUT2D eigenvalue weighted by molar-refractivity contribution is -0.141. The zero-order chi connectivity index (χ0) is 26.2. The number of fused-ring (bicyclic) bond motifs is 2. The average molecular weight is 532 g/mol. The van der Waals surface area contributed by atoms with Gasteiger partial charge >= 0.3 is 6.18 Å². The molecule has 2 amide bonds. The number of aryl methyl sites for hydroxylation is 2. The number of benzene rings is 2. The Morgan fingerprint density at radius 3 is 2.76 bits per heavy atom. The van der Waals surface area contributed by atoms with E-state index in [-0.39, 0.29) is 22.1 Å². The van der Waals surface area contributed by atoms with Gasteiger partial charge in [-0.05, 0) is 60.5 Å². The van der Waals surface area contributed by atoms with E-state index >= 15 is 0 Å². The molecule has 7 nitrogen and oxygen atoms in total. The zero-order valence-corrected chi connectivity index (χ0v) is 20.7. The third-order valence-electron chi connectivity index (χ3n) is 6.29. The summed E-state index contributed by atoms with van der Waals surface area (Å²) in [6, 6.07) is 10.9. The van der Waals surface area contributed by atoms with E-state index in [1.807, 2.05) is 37.4 Å². The highest BCUT2D eigenvalue weighted by atomic mass is 32.2. The molecule has 1 aliphatic heterocycles. The number of halogens is 3. The predicted molar refractivity (Wildman–Crippen MR) is 134 cm³/mol. The number of ether oxygens (including phenoxy) is 1. The molecular formula is C26H24F3N3O4S. The number of hydrogen-bond donors (Lipinski definition) is 1. The van der Waals surface area contributed by atoms with Crippen molar-refractivity contribution in [2.75, 3.05) is 6.61 Å². The molecule has 2 aromatic heterocycles. The topological polar surface area (TPSA) is 86.4 Å². The largest absolute Gasteiger partial charge is 0.493 e. The molecule has 5 rings (SSSR count). The summed E-state index contributed by atoms with van der Waals surface area (Å²) in [5.41, 5.74) is 1.72. The van der Waals surface area contributed by atoms with Crippen molar-refractivity contribution in [3.05, 3.63) is 59.4 Å². The Morgan fingerprint density at radius 1 is 1.19 bits per heavy atom. The molecule has 1 N–H and O–H groups in total. The molecule has 1 unspecified atom stereocenters. The smallest absolute Gasteiger partial charge is 0.437 e. The molecule has 0 spiro atoms. The summed E-state index contributed by atoms with van der Waals surface area (Å²) in [4.78, 5) is 23.2. The van der Waals surface area contributed by atoms with Crippen LogP contribution in [0.15, 0.2) is 47.1 Å². The number of thioether (sulfide) groups is 1. The number of nitrogens with one attached hydrogen (secondary N) is 1. The highest BCUT2D eigenvalue weighted by molar-refractivity contribution is 8.15. The molecule has 37 heavy (non-hydrogen) atoms. The number of rotatable bonds is 9. The van der Waals surface area contributed by atoms with Crippen LogP contribution in [0.2, 0.25) is 0 Å². The van der Waals surface area contributed by atoms with Gasteiger partial charge in [0.25, 0.3) is 5.24 Å². The van der Waals surface area contributed by atoms with Gasteiger partial charge in [0, 0.05) is 23.8 Å². The van der Waals surface area contributed by atoms with Crippen LogP contribution in [-0.4, -0.2) is 32.7 Å². The maximum Gasteiger partial charge on any atom is 0.437 e. The summed E-state index contributed by atoms with van der Waals surface area (Å²) in [6.07, 6.45) is -0.205. The van der Waals surface area contributed by atoms with E-state index in [4.69, 9.17) is 9.26 Å². The van der Waals surface area contributed by atoms with E-state index in [2.05, 4.69) is 15.0 Å². The van der Waals surface area contributed by atoms with Crippen molar-refractivity contribution in [2.24, 2.45) is 0 Å². The Balaban J connectivity index is 1.23. The SMILES string of the molecule is CCCc1c(OCCCn2ccc3cc(CC4SC(=O)NC4=O)ccc32)ccc2c(C(F)(F)F)noc12. The number of aromatic nitrogens is 2. The first-order valence-electron chi connectivity index (χ1n) is 11.9. The number of amides is 2. The molecule has 2 aromatic carbocycles. The molecule has 0 aliphatic carbocycles. The lowest BCUT2D eigenvalue weighted by atomic mass is 10.0. The first-order chi connectivity index (χ1) is 17.7. The lowest BCUT2D eigenvalue weighted by Crippen LogP contribution is -2.25. The zero-order valence-electron chi connectivity index (χ0n) is 19.9. The van der Waals surface area contributed by atoms with E-state index in [1.165, 1.54) is 6.07 Å². The van der Waals surface area contributed by atoms with Crippen LogP contribution in [0.25, 0.3) is 21.9 Å². The third-order valence-corrected chi connectivity index (χ3v) is 7.28. The summed E-state index contributed by atoms with van der Waals surface area (Å²) >= 11 is 1.02. The van der Waals surface area contributed by atoms with E-state index in [0.717, 1.165) is 34.6 Å². The molecular weight excluding hydrogens is 507 g/mol. The molecule has 194 valence electrons. The molecule has 0 saturated carbocycles. The van der Waals surface area contributed by atoms with Gasteiger partial charge in [-0.1, -0.05) is 36.3 Å². The normalized spacial score (nSPS) is 16.2. The maximum absolute atomic E-state index is 13.2. The van der Waals surface area contributed by atoms with Crippen LogP contribution in [0.4, 0.5) is 18.0 Å². The quantitative estimate of drug-likeness (QED) is 0.262. The van der Waals surface area contributed by atoms with Crippen molar-refractivity contribution in [3.8, 4) is 5.75 Å². The van der Waals surface area contributed by atoms with Gasteiger partial charge in [0.2, 0.25) is 5.91 Å². The van der Waals surface area contributed by atoms with Crippen molar-refractivity contribution in [1.29, 1.82) is 0 Å². The highest BCUT2D eigenvalue weighted by Crippen LogP contribution is 2.38. The van der Waals surface area contributed by atoms with Crippen molar-refractivity contribution in [2.45, 2.75) is 50.6 Å². The summed E-state index contributed by atoms with van der Waals surface area (Å²) in [5.74, 6) is 0.256. The monoisotopic (exact) mass is 531 g/mol. The minimum absolute atomic E-state index is 0.0553. The van der Waals surface area contributed by atoms with E-state index in [9.17, 15) is 22.8 Å². The van der Waals surface area contributed by atoms with Crippen molar-refractivity contribution < 1.29 is 32.0 Å². The summed E-state index contributed by atoms with van der Waals surface area (Å²) in [5, 5.41) is 5.84. The minimum Gasteiger partial charge on any atom is -0.493 e. The number of carbonyl (C=O) groups is 2. The molecule has 0 bridgehead atoms. The molecule has 3 heterocycles. The Kier molecular flexibility index (Phi) is 6.89. The minimum atomic E-state index is -4.58. The van der Waals surface area contributed by atoms with Crippen LogP contribution < -0.4 is 10.1 Å². The van der Waals surface area contributed by atoms with Gasteiger partial charge in [-0.2, -0.15) is 13.2 Å². The van der Waals surface area contributed by atoms with Gasteiger partial charge in [0.15, 0.2) is 11.3 Å².